The summed E-state index contributed by atoms with van der Waals surface area (Å²) in [5.74, 6) is 0.829. The van der Waals surface area contributed by atoms with Crippen molar-refractivity contribution in [1.29, 1.82) is 5.26 Å². The second kappa shape index (κ2) is 8.42. The third kappa shape index (κ3) is 4.01. The molecule has 0 radical (unpaired) electrons. The average Bonchev–Trinajstić information content (AvgIpc) is 2.75. The number of morpholine rings is 1. The first-order valence-electron chi connectivity index (χ1n) is 9.26. The zero-order chi connectivity index (χ0) is 19.3. The lowest BCUT2D eigenvalue weighted by Crippen LogP contribution is -2.36. The predicted molar refractivity (Wildman–Crippen MR) is 111 cm³/mol. The van der Waals surface area contributed by atoms with Crippen molar-refractivity contribution < 1.29 is 4.74 Å². The van der Waals surface area contributed by atoms with E-state index in [4.69, 9.17) is 16.3 Å². The highest BCUT2D eigenvalue weighted by atomic mass is 35.5. The van der Waals surface area contributed by atoms with Gasteiger partial charge in [-0.25, -0.2) is 9.97 Å². The summed E-state index contributed by atoms with van der Waals surface area (Å²) in [5, 5.41) is 14.3. The minimum absolute atomic E-state index is 0.159. The highest BCUT2D eigenvalue weighted by Crippen LogP contribution is 2.27. The van der Waals surface area contributed by atoms with Gasteiger partial charge in [0.25, 0.3) is 0 Å². The lowest BCUT2D eigenvalue weighted by atomic mass is 10.1. The second-order valence-corrected chi connectivity index (χ2v) is 6.98. The molecule has 1 aliphatic heterocycles. The number of halogens is 1. The highest BCUT2D eigenvalue weighted by molar-refractivity contribution is 6.31. The van der Waals surface area contributed by atoms with Crippen LogP contribution in [0.25, 0.3) is 10.9 Å². The molecule has 6 nitrogen and oxygen atoms in total. The number of hydrogen-bond donors (Lipinski definition) is 1. The van der Waals surface area contributed by atoms with Gasteiger partial charge < -0.3 is 15.0 Å². The Morgan fingerprint density at radius 2 is 1.96 bits per heavy atom. The fraction of sp³-hybridized carbons (Fsp3) is 0.286. The fourth-order valence-electron chi connectivity index (χ4n) is 3.34. The highest BCUT2D eigenvalue weighted by Gasteiger charge is 2.14. The largest absolute Gasteiger partial charge is 0.378 e. The van der Waals surface area contributed by atoms with Gasteiger partial charge in [0, 0.05) is 35.7 Å². The lowest BCUT2D eigenvalue weighted by Gasteiger charge is -2.29. The second-order valence-electron chi connectivity index (χ2n) is 6.58. The first kappa shape index (κ1) is 18.5. The van der Waals surface area contributed by atoms with Gasteiger partial charge in [0.05, 0.1) is 18.7 Å². The summed E-state index contributed by atoms with van der Waals surface area (Å²) in [6, 6.07) is 15.9. The molecule has 4 rings (SSSR count). The van der Waals surface area contributed by atoms with Crippen LogP contribution in [-0.2, 0) is 11.2 Å². The smallest absolute Gasteiger partial charge is 0.234 e. The number of benzene rings is 2. The van der Waals surface area contributed by atoms with Crippen molar-refractivity contribution >= 4 is 34.0 Å². The van der Waals surface area contributed by atoms with Gasteiger partial charge in [0.1, 0.15) is 11.9 Å². The van der Waals surface area contributed by atoms with Crippen molar-refractivity contribution in [2.24, 2.45) is 0 Å². The number of hydrogen-bond acceptors (Lipinski definition) is 6. The molecule has 3 aromatic rings. The van der Waals surface area contributed by atoms with Crippen LogP contribution >= 0.6 is 11.6 Å². The van der Waals surface area contributed by atoms with Crippen LogP contribution in [0.2, 0.25) is 5.02 Å². The number of rotatable bonds is 5. The third-order valence-electron chi connectivity index (χ3n) is 4.80. The standard InChI is InChI=1S/C21H20ClN5O/c22-18-4-2-1-3-15(18)7-8-24-21-17-13-16(27-9-11-28-12-10-27)5-6-19(17)25-20(14-23)26-21/h1-6,13H,7-12H2,(H,24,25,26). The van der Waals surface area contributed by atoms with Crippen LogP contribution in [0, 0.1) is 11.3 Å². The Morgan fingerprint density at radius 3 is 2.75 bits per heavy atom. The molecule has 7 heteroatoms. The number of nitrogens with zero attached hydrogens (tertiary/aromatic N) is 4. The molecular formula is C21H20ClN5O. The number of fused-ring (bicyclic) bond motifs is 1. The summed E-state index contributed by atoms with van der Waals surface area (Å²) < 4.78 is 5.44. The monoisotopic (exact) mass is 393 g/mol. The van der Waals surface area contributed by atoms with Crippen LogP contribution in [0.4, 0.5) is 11.5 Å². The van der Waals surface area contributed by atoms with Gasteiger partial charge in [0.2, 0.25) is 5.82 Å². The number of ether oxygens (including phenoxy) is 1. The molecule has 2 aromatic carbocycles. The van der Waals surface area contributed by atoms with Gasteiger partial charge in [-0.2, -0.15) is 5.26 Å². The molecule has 142 valence electrons. The molecule has 0 unspecified atom stereocenters. The Kier molecular flexibility index (Phi) is 5.56. The van der Waals surface area contributed by atoms with E-state index in [9.17, 15) is 5.26 Å². The third-order valence-corrected chi connectivity index (χ3v) is 5.17. The zero-order valence-electron chi connectivity index (χ0n) is 15.4. The quantitative estimate of drug-likeness (QED) is 0.713. The van der Waals surface area contributed by atoms with Gasteiger partial charge in [0.15, 0.2) is 0 Å². The first-order chi connectivity index (χ1) is 13.7. The van der Waals surface area contributed by atoms with E-state index in [0.29, 0.717) is 12.4 Å². The van der Waals surface area contributed by atoms with Gasteiger partial charge in [-0.1, -0.05) is 29.8 Å². The molecule has 0 bridgehead atoms. The van der Waals surface area contributed by atoms with Crippen LogP contribution in [0.15, 0.2) is 42.5 Å². The Labute approximate surface area is 168 Å². The Balaban J connectivity index is 1.61. The maximum Gasteiger partial charge on any atom is 0.234 e. The van der Waals surface area contributed by atoms with Crippen molar-refractivity contribution in [3.8, 4) is 6.07 Å². The van der Waals surface area contributed by atoms with Crippen molar-refractivity contribution in [3.05, 3.63) is 58.9 Å². The van der Waals surface area contributed by atoms with Crippen LogP contribution < -0.4 is 10.2 Å². The number of anilines is 2. The van der Waals surface area contributed by atoms with Crippen LogP contribution in [0.1, 0.15) is 11.4 Å². The van der Waals surface area contributed by atoms with Gasteiger partial charge in [-0.05, 0) is 36.2 Å². The number of aromatic nitrogens is 2. The number of nitrogens with one attached hydrogen (secondary N) is 1. The molecule has 1 aromatic heterocycles. The van der Waals surface area contributed by atoms with E-state index in [1.54, 1.807) is 0 Å². The van der Waals surface area contributed by atoms with Gasteiger partial charge in [-0.15, -0.1) is 0 Å². The van der Waals surface area contributed by atoms with Gasteiger partial charge >= 0.3 is 0 Å². The maximum absolute atomic E-state index is 9.28. The van der Waals surface area contributed by atoms with E-state index in [1.165, 1.54) is 0 Å². The van der Waals surface area contributed by atoms with E-state index < -0.39 is 0 Å². The summed E-state index contributed by atoms with van der Waals surface area (Å²) in [4.78, 5) is 11.0. The van der Waals surface area contributed by atoms with Crippen LogP contribution in [0.5, 0.6) is 0 Å². The summed E-state index contributed by atoms with van der Waals surface area (Å²) >= 11 is 6.24. The Bertz CT molecular complexity index is 1030. The van der Waals surface area contributed by atoms with Crippen molar-refractivity contribution in [2.45, 2.75) is 6.42 Å². The predicted octanol–water partition coefficient (Wildman–Crippen LogP) is 3.65. The fourth-order valence-corrected chi connectivity index (χ4v) is 3.57. The van der Waals surface area contributed by atoms with Crippen LogP contribution in [0.3, 0.4) is 0 Å². The molecule has 0 amide bonds. The molecule has 1 fully saturated rings. The molecule has 0 spiro atoms. The maximum atomic E-state index is 9.28. The molecule has 2 heterocycles. The SMILES string of the molecule is N#Cc1nc(NCCc2ccccc2Cl)c2cc(N3CCOCC3)ccc2n1. The molecule has 0 aliphatic carbocycles. The molecule has 0 atom stereocenters. The minimum atomic E-state index is 0.159. The lowest BCUT2D eigenvalue weighted by molar-refractivity contribution is 0.122. The van der Waals surface area contributed by atoms with E-state index in [0.717, 1.165) is 59.9 Å². The average molecular weight is 394 g/mol. The molecule has 1 saturated heterocycles. The molecule has 28 heavy (non-hydrogen) atoms. The summed E-state index contributed by atoms with van der Waals surface area (Å²) in [7, 11) is 0. The Hall–Kier alpha value is -2.88. The number of nitriles is 1. The van der Waals surface area contributed by atoms with E-state index in [1.807, 2.05) is 42.5 Å². The first-order valence-corrected chi connectivity index (χ1v) is 9.64. The van der Waals surface area contributed by atoms with Crippen molar-refractivity contribution in [1.82, 2.24) is 9.97 Å². The zero-order valence-corrected chi connectivity index (χ0v) is 16.1. The van der Waals surface area contributed by atoms with Crippen molar-refractivity contribution in [2.75, 3.05) is 43.1 Å². The summed E-state index contributed by atoms with van der Waals surface area (Å²) in [5.41, 5.74) is 2.94. The normalized spacial score (nSPS) is 14.1. The van der Waals surface area contributed by atoms with Gasteiger partial charge in [-0.3, -0.25) is 0 Å². The minimum Gasteiger partial charge on any atom is -0.378 e. The topological polar surface area (TPSA) is 74.1 Å². The van der Waals surface area contributed by atoms with Crippen molar-refractivity contribution in [3.63, 3.8) is 0 Å². The van der Waals surface area contributed by atoms with E-state index in [-0.39, 0.29) is 5.82 Å². The van der Waals surface area contributed by atoms with E-state index >= 15 is 0 Å². The van der Waals surface area contributed by atoms with E-state index in [2.05, 4.69) is 26.3 Å². The molecular weight excluding hydrogens is 374 g/mol. The Morgan fingerprint density at radius 1 is 1.14 bits per heavy atom. The molecule has 1 N–H and O–H groups in total. The molecule has 1 aliphatic rings. The molecule has 0 saturated carbocycles. The summed E-state index contributed by atoms with van der Waals surface area (Å²) in [6.45, 7) is 3.83. The summed E-state index contributed by atoms with van der Waals surface area (Å²) in [6.07, 6.45) is 0.760. The van der Waals surface area contributed by atoms with Crippen LogP contribution in [-0.4, -0.2) is 42.8 Å².